The number of carbonyl (C=O) groups is 1. The summed E-state index contributed by atoms with van der Waals surface area (Å²) in [5.74, 6) is -0.502. The fourth-order valence-corrected chi connectivity index (χ4v) is 1.34. The topological polar surface area (TPSA) is 59.4 Å². The summed E-state index contributed by atoms with van der Waals surface area (Å²) < 4.78 is 5.64. The molecule has 1 aromatic heterocycles. The van der Waals surface area contributed by atoms with Crippen molar-refractivity contribution in [3.05, 3.63) is 22.3 Å². The fraction of sp³-hybridized carbons (Fsp3) is 0.250. The van der Waals surface area contributed by atoms with E-state index in [-0.39, 0.29) is 6.42 Å². The standard InChI is InChI=1S/C8H8BrNO3/c1-13-7-3-5(9)2-6(10-7)4-8(11)12/h2-3H,4H2,1H3,(H,11,12). The zero-order valence-corrected chi connectivity index (χ0v) is 8.54. The molecular weight excluding hydrogens is 238 g/mol. The van der Waals surface area contributed by atoms with Crippen LogP contribution < -0.4 is 4.74 Å². The minimum atomic E-state index is -0.910. The molecule has 0 bridgehead atoms. The summed E-state index contributed by atoms with van der Waals surface area (Å²) in [6.07, 6.45) is -0.101. The third-order valence-corrected chi connectivity index (χ3v) is 1.82. The average Bonchev–Trinajstić information content (AvgIpc) is 2.01. The van der Waals surface area contributed by atoms with E-state index >= 15 is 0 Å². The summed E-state index contributed by atoms with van der Waals surface area (Å²) in [4.78, 5) is 14.3. The molecule has 0 unspecified atom stereocenters. The van der Waals surface area contributed by atoms with Gasteiger partial charge in [-0.1, -0.05) is 15.9 Å². The van der Waals surface area contributed by atoms with E-state index in [0.29, 0.717) is 11.6 Å². The number of halogens is 1. The van der Waals surface area contributed by atoms with Crippen molar-refractivity contribution in [2.75, 3.05) is 7.11 Å². The molecule has 0 fully saturated rings. The lowest BCUT2D eigenvalue weighted by Crippen LogP contribution is -2.03. The number of ether oxygens (including phenoxy) is 1. The second-order valence-electron chi connectivity index (χ2n) is 2.39. The molecule has 1 heterocycles. The normalized spacial score (nSPS) is 9.69. The van der Waals surface area contributed by atoms with Crippen LogP contribution >= 0.6 is 15.9 Å². The molecule has 0 aliphatic rings. The fourth-order valence-electron chi connectivity index (χ4n) is 0.875. The lowest BCUT2D eigenvalue weighted by molar-refractivity contribution is -0.136. The monoisotopic (exact) mass is 245 g/mol. The van der Waals surface area contributed by atoms with Gasteiger partial charge in [-0.2, -0.15) is 0 Å². The number of methoxy groups -OCH3 is 1. The summed E-state index contributed by atoms with van der Waals surface area (Å²) in [7, 11) is 1.49. The van der Waals surface area contributed by atoms with Crippen LogP contribution in [0.5, 0.6) is 5.88 Å². The van der Waals surface area contributed by atoms with E-state index in [0.717, 1.165) is 4.47 Å². The van der Waals surface area contributed by atoms with Crippen molar-refractivity contribution >= 4 is 21.9 Å². The lowest BCUT2D eigenvalue weighted by Gasteiger charge is -2.02. The summed E-state index contributed by atoms with van der Waals surface area (Å²) in [5.41, 5.74) is 0.471. The lowest BCUT2D eigenvalue weighted by atomic mass is 10.3. The van der Waals surface area contributed by atoms with E-state index < -0.39 is 5.97 Å². The molecule has 5 heteroatoms. The number of rotatable bonds is 3. The molecule has 0 aromatic carbocycles. The maximum atomic E-state index is 10.4. The molecule has 1 N–H and O–H groups in total. The number of hydrogen-bond acceptors (Lipinski definition) is 3. The van der Waals surface area contributed by atoms with Gasteiger partial charge < -0.3 is 9.84 Å². The van der Waals surface area contributed by atoms with Crippen molar-refractivity contribution < 1.29 is 14.6 Å². The molecule has 1 rings (SSSR count). The third-order valence-electron chi connectivity index (χ3n) is 1.36. The minimum absolute atomic E-state index is 0.101. The Morgan fingerprint density at radius 3 is 2.92 bits per heavy atom. The van der Waals surface area contributed by atoms with Crippen LogP contribution in [-0.4, -0.2) is 23.2 Å². The maximum Gasteiger partial charge on any atom is 0.309 e. The van der Waals surface area contributed by atoms with Crippen molar-refractivity contribution in [1.82, 2.24) is 4.98 Å². The highest BCUT2D eigenvalue weighted by Gasteiger charge is 2.05. The van der Waals surface area contributed by atoms with Crippen molar-refractivity contribution in [2.45, 2.75) is 6.42 Å². The van der Waals surface area contributed by atoms with Gasteiger partial charge in [0.05, 0.1) is 19.2 Å². The molecule has 0 radical (unpaired) electrons. The van der Waals surface area contributed by atoms with Gasteiger partial charge in [0.2, 0.25) is 5.88 Å². The molecule has 0 amide bonds. The molecule has 13 heavy (non-hydrogen) atoms. The summed E-state index contributed by atoms with van der Waals surface area (Å²) in [6, 6.07) is 3.32. The second-order valence-corrected chi connectivity index (χ2v) is 3.31. The van der Waals surface area contributed by atoms with E-state index in [2.05, 4.69) is 20.9 Å². The number of carboxylic acids is 1. The Labute approximate surface area is 83.7 Å². The predicted molar refractivity (Wildman–Crippen MR) is 49.8 cm³/mol. The van der Waals surface area contributed by atoms with Crippen LogP contribution in [0.2, 0.25) is 0 Å². The largest absolute Gasteiger partial charge is 0.481 e. The van der Waals surface area contributed by atoms with E-state index in [4.69, 9.17) is 9.84 Å². The number of hydrogen-bond donors (Lipinski definition) is 1. The highest BCUT2D eigenvalue weighted by molar-refractivity contribution is 9.10. The van der Waals surface area contributed by atoms with Gasteiger partial charge in [0.15, 0.2) is 0 Å². The SMILES string of the molecule is COc1cc(Br)cc(CC(=O)O)n1. The zero-order valence-electron chi connectivity index (χ0n) is 6.95. The molecule has 0 atom stereocenters. The van der Waals surface area contributed by atoms with E-state index in [1.807, 2.05) is 0 Å². The van der Waals surface area contributed by atoms with Gasteiger partial charge in [-0.3, -0.25) is 4.79 Å². The van der Waals surface area contributed by atoms with Crippen molar-refractivity contribution in [3.8, 4) is 5.88 Å². The molecule has 0 aliphatic carbocycles. The molecular formula is C8H8BrNO3. The van der Waals surface area contributed by atoms with Gasteiger partial charge in [-0.05, 0) is 6.07 Å². The predicted octanol–water partition coefficient (Wildman–Crippen LogP) is 1.48. The molecule has 70 valence electrons. The Bertz CT molecular complexity index is 327. The molecule has 4 nitrogen and oxygen atoms in total. The van der Waals surface area contributed by atoms with Gasteiger partial charge in [0, 0.05) is 10.5 Å². The minimum Gasteiger partial charge on any atom is -0.481 e. The molecule has 0 saturated carbocycles. The Morgan fingerprint density at radius 1 is 1.69 bits per heavy atom. The van der Waals surface area contributed by atoms with Gasteiger partial charge in [0.1, 0.15) is 0 Å². The first kappa shape index (κ1) is 9.98. The Hall–Kier alpha value is -1.10. The van der Waals surface area contributed by atoms with E-state index in [9.17, 15) is 4.79 Å². The maximum absolute atomic E-state index is 10.4. The van der Waals surface area contributed by atoms with Crippen molar-refractivity contribution in [2.24, 2.45) is 0 Å². The van der Waals surface area contributed by atoms with Gasteiger partial charge in [0.25, 0.3) is 0 Å². The number of carboxylic acid groups (broad SMARTS) is 1. The Balaban J connectivity index is 2.94. The number of pyridine rings is 1. The van der Waals surface area contributed by atoms with Crippen molar-refractivity contribution in [3.63, 3.8) is 0 Å². The number of aliphatic carboxylic acids is 1. The number of nitrogens with zero attached hydrogens (tertiary/aromatic N) is 1. The van der Waals surface area contributed by atoms with Crippen LogP contribution in [0.4, 0.5) is 0 Å². The molecule has 1 aromatic rings. The van der Waals surface area contributed by atoms with Crippen LogP contribution in [0.3, 0.4) is 0 Å². The van der Waals surface area contributed by atoms with Gasteiger partial charge >= 0.3 is 5.97 Å². The van der Waals surface area contributed by atoms with Crippen molar-refractivity contribution in [1.29, 1.82) is 0 Å². The van der Waals surface area contributed by atoms with E-state index in [1.165, 1.54) is 7.11 Å². The highest BCUT2D eigenvalue weighted by Crippen LogP contribution is 2.17. The second kappa shape index (κ2) is 4.23. The summed E-state index contributed by atoms with van der Waals surface area (Å²) in [5, 5.41) is 8.53. The average molecular weight is 246 g/mol. The quantitative estimate of drug-likeness (QED) is 0.877. The van der Waals surface area contributed by atoms with Crippen LogP contribution in [0.25, 0.3) is 0 Å². The van der Waals surface area contributed by atoms with Crippen LogP contribution in [-0.2, 0) is 11.2 Å². The third kappa shape index (κ3) is 3.02. The first-order chi connectivity index (χ1) is 6.11. The van der Waals surface area contributed by atoms with Gasteiger partial charge in [-0.15, -0.1) is 0 Å². The summed E-state index contributed by atoms with van der Waals surface area (Å²) in [6.45, 7) is 0. The Morgan fingerprint density at radius 2 is 2.38 bits per heavy atom. The van der Waals surface area contributed by atoms with Crippen LogP contribution in [0, 0.1) is 0 Å². The zero-order chi connectivity index (χ0) is 9.84. The smallest absolute Gasteiger partial charge is 0.309 e. The first-order valence-electron chi connectivity index (χ1n) is 3.54. The van der Waals surface area contributed by atoms with Gasteiger partial charge in [-0.25, -0.2) is 4.98 Å². The molecule has 0 aliphatic heterocycles. The molecule has 0 saturated heterocycles. The molecule has 0 spiro atoms. The highest BCUT2D eigenvalue weighted by atomic mass is 79.9. The van der Waals surface area contributed by atoms with E-state index in [1.54, 1.807) is 12.1 Å². The summed E-state index contributed by atoms with van der Waals surface area (Å²) >= 11 is 3.23. The van der Waals surface area contributed by atoms with Crippen LogP contribution in [0.1, 0.15) is 5.69 Å². The van der Waals surface area contributed by atoms with Crippen LogP contribution in [0.15, 0.2) is 16.6 Å². The Kier molecular flexibility index (Phi) is 3.25. The number of aromatic nitrogens is 1. The first-order valence-corrected chi connectivity index (χ1v) is 4.33.